The van der Waals surface area contributed by atoms with Crippen molar-refractivity contribution in [2.75, 3.05) is 34.5 Å². The summed E-state index contributed by atoms with van der Waals surface area (Å²) in [5.74, 6) is 2.93. The van der Waals surface area contributed by atoms with Gasteiger partial charge in [-0.3, -0.25) is 4.79 Å². The Labute approximate surface area is 192 Å². The summed E-state index contributed by atoms with van der Waals surface area (Å²) < 4.78 is 22.4. The van der Waals surface area contributed by atoms with Crippen LogP contribution in [-0.2, 0) is 17.6 Å². The fourth-order valence-corrected chi connectivity index (χ4v) is 4.71. The number of rotatable bonds is 8. The normalized spacial score (nSPS) is 15.1. The number of fused-ring (bicyclic) bond motifs is 1. The van der Waals surface area contributed by atoms with E-state index in [4.69, 9.17) is 18.9 Å². The van der Waals surface area contributed by atoms with Crippen molar-refractivity contribution in [2.24, 2.45) is 0 Å². The van der Waals surface area contributed by atoms with Crippen LogP contribution in [0.3, 0.4) is 0 Å². The molecule has 1 aliphatic heterocycles. The first kappa shape index (κ1) is 22.0. The van der Waals surface area contributed by atoms with Crippen molar-refractivity contribution in [1.29, 1.82) is 0 Å². The zero-order chi connectivity index (χ0) is 22.5. The first-order valence-electron chi connectivity index (χ1n) is 10.5. The number of carbonyl (C=O) groups excluding carboxylic acids is 1. The highest BCUT2D eigenvalue weighted by atomic mass is 32.1. The lowest BCUT2D eigenvalue weighted by molar-refractivity contribution is -0.134. The van der Waals surface area contributed by atoms with Gasteiger partial charge in [-0.1, -0.05) is 6.07 Å². The highest BCUT2D eigenvalue weighted by molar-refractivity contribution is 7.10. The molecule has 3 aromatic rings. The molecule has 0 spiro atoms. The molecule has 0 fully saturated rings. The summed E-state index contributed by atoms with van der Waals surface area (Å²) in [5, 5.41) is 2.00. The second-order valence-corrected chi connectivity index (χ2v) is 8.53. The van der Waals surface area contributed by atoms with Crippen LogP contribution in [0.5, 0.6) is 23.0 Å². The molecule has 32 heavy (non-hydrogen) atoms. The van der Waals surface area contributed by atoms with Crippen LogP contribution in [0.2, 0.25) is 0 Å². The second kappa shape index (κ2) is 9.96. The van der Waals surface area contributed by atoms with Gasteiger partial charge in [0, 0.05) is 11.4 Å². The Balaban J connectivity index is 1.63. The van der Waals surface area contributed by atoms with Crippen LogP contribution in [0.4, 0.5) is 0 Å². The zero-order valence-electron chi connectivity index (χ0n) is 18.5. The van der Waals surface area contributed by atoms with Crippen LogP contribution in [0.25, 0.3) is 0 Å². The van der Waals surface area contributed by atoms with Gasteiger partial charge < -0.3 is 23.8 Å². The average Bonchev–Trinajstić information content (AvgIpc) is 3.34. The van der Waals surface area contributed by atoms with Gasteiger partial charge in [-0.25, -0.2) is 0 Å². The summed E-state index contributed by atoms with van der Waals surface area (Å²) in [7, 11) is 4.89. The summed E-state index contributed by atoms with van der Waals surface area (Å²) in [4.78, 5) is 16.2. The third-order valence-corrected chi connectivity index (χ3v) is 6.57. The Morgan fingerprint density at radius 3 is 2.38 bits per heavy atom. The molecule has 1 aliphatic rings. The van der Waals surface area contributed by atoms with Crippen LogP contribution >= 0.6 is 11.3 Å². The number of benzene rings is 2. The Hall–Kier alpha value is -3.19. The molecule has 0 bridgehead atoms. The number of nitrogens with zero attached hydrogens (tertiary/aromatic N) is 1. The van der Waals surface area contributed by atoms with Crippen molar-refractivity contribution < 1.29 is 23.7 Å². The maximum atomic E-state index is 13.3. The monoisotopic (exact) mass is 453 g/mol. The molecule has 1 atom stereocenters. The lowest BCUT2D eigenvalue weighted by atomic mass is 9.91. The van der Waals surface area contributed by atoms with Crippen molar-refractivity contribution >= 4 is 17.2 Å². The Kier molecular flexibility index (Phi) is 6.85. The molecule has 2 aromatic carbocycles. The standard InChI is InChI=1S/C25H27NO5S/c1-28-18-6-8-19(9-7-18)31-16-22-21-15-24(30-3)23(29-2)13-17(21)10-11-26(22)25(27)14-20-5-4-12-32-20/h4-9,12-13,15,22H,10-11,14,16H2,1-3H3/t22-/m1/s1. The van der Waals surface area contributed by atoms with Gasteiger partial charge in [-0.15, -0.1) is 11.3 Å². The van der Waals surface area contributed by atoms with E-state index in [2.05, 4.69) is 0 Å². The molecule has 2 heterocycles. The molecule has 7 heteroatoms. The molecule has 1 aromatic heterocycles. The van der Waals surface area contributed by atoms with Gasteiger partial charge in [0.25, 0.3) is 0 Å². The van der Waals surface area contributed by atoms with Crippen molar-refractivity contribution in [3.05, 3.63) is 69.9 Å². The van der Waals surface area contributed by atoms with Crippen molar-refractivity contribution in [3.63, 3.8) is 0 Å². The van der Waals surface area contributed by atoms with Gasteiger partial charge in [0.15, 0.2) is 11.5 Å². The van der Waals surface area contributed by atoms with Crippen LogP contribution in [-0.4, -0.2) is 45.3 Å². The molecular formula is C25H27NO5S. The fourth-order valence-electron chi connectivity index (χ4n) is 4.02. The summed E-state index contributed by atoms with van der Waals surface area (Å²) in [5.41, 5.74) is 2.17. The molecule has 1 amide bonds. The summed E-state index contributed by atoms with van der Waals surface area (Å²) in [6, 6.07) is 15.2. The number of thiophene rings is 1. The lowest BCUT2D eigenvalue weighted by Crippen LogP contribution is -2.43. The van der Waals surface area contributed by atoms with Crippen LogP contribution in [0.1, 0.15) is 22.0 Å². The van der Waals surface area contributed by atoms with Crippen LogP contribution in [0.15, 0.2) is 53.9 Å². The van der Waals surface area contributed by atoms with Crippen LogP contribution < -0.4 is 18.9 Å². The first-order valence-corrected chi connectivity index (χ1v) is 11.3. The minimum atomic E-state index is -0.229. The van der Waals surface area contributed by atoms with E-state index in [1.54, 1.807) is 32.7 Å². The van der Waals surface area contributed by atoms with Crippen LogP contribution in [0, 0.1) is 0 Å². The fraction of sp³-hybridized carbons (Fsp3) is 0.320. The third kappa shape index (κ3) is 4.67. The molecule has 0 aliphatic carbocycles. The Morgan fingerprint density at radius 2 is 1.72 bits per heavy atom. The predicted octanol–water partition coefficient (Wildman–Crippen LogP) is 4.52. The highest BCUT2D eigenvalue weighted by Gasteiger charge is 2.33. The van der Waals surface area contributed by atoms with Gasteiger partial charge in [0.2, 0.25) is 5.91 Å². The molecule has 0 saturated heterocycles. The number of hydrogen-bond donors (Lipinski definition) is 0. The number of methoxy groups -OCH3 is 3. The first-order chi connectivity index (χ1) is 15.6. The SMILES string of the molecule is COc1ccc(OC[C@@H]2c3cc(OC)c(OC)cc3CCN2C(=O)Cc2cccs2)cc1. The number of hydrogen-bond acceptors (Lipinski definition) is 6. The molecule has 0 unspecified atom stereocenters. The molecule has 4 rings (SSSR count). The predicted molar refractivity (Wildman–Crippen MR) is 124 cm³/mol. The number of carbonyl (C=O) groups is 1. The van der Waals surface area contributed by atoms with Crippen molar-refractivity contribution in [3.8, 4) is 23.0 Å². The van der Waals surface area contributed by atoms with Gasteiger partial charge in [-0.05, 0) is 65.4 Å². The minimum absolute atomic E-state index is 0.0937. The van der Waals surface area contributed by atoms with E-state index >= 15 is 0 Å². The second-order valence-electron chi connectivity index (χ2n) is 7.50. The molecule has 168 valence electrons. The minimum Gasteiger partial charge on any atom is -0.497 e. The molecule has 0 N–H and O–H groups in total. The van der Waals surface area contributed by atoms with E-state index in [0.29, 0.717) is 31.1 Å². The molecule has 0 radical (unpaired) electrons. The van der Waals surface area contributed by atoms with E-state index in [1.807, 2.05) is 58.8 Å². The van der Waals surface area contributed by atoms with Crippen molar-refractivity contribution in [2.45, 2.75) is 18.9 Å². The van der Waals surface area contributed by atoms with Gasteiger partial charge in [-0.2, -0.15) is 0 Å². The van der Waals surface area contributed by atoms with E-state index in [1.165, 1.54) is 0 Å². The van der Waals surface area contributed by atoms with Gasteiger partial charge in [0.1, 0.15) is 18.1 Å². The maximum absolute atomic E-state index is 13.3. The number of ether oxygens (including phenoxy) is 4. The van der Waals surface area contributed by atoms with E-state index in [9.17, 15) is 4.79 Å². The topological polar surface area (TPSA) is 57.2 Å². The molecule has 6 nitrogen and oxygen atoms in total. The lowest BCUT2D eigenvalue weighted by Gasteiger charge is -2.37. The average molecular weight is 454 g/mol. The van der Waals surface area contributed by atoms with Gasteiger partial charge >= 0.3 is 0 Å². The zero-order valence-corrected chi connectivity index (χ0v) is 19.3. The smallest absolute Gasteiger partial charge is 0.228 e. The third-order valence-electron chi connectivity index (χ3n) is 5.70. The summed E-state index contributed by atoms with van der Waals surface area (Å²) in [6.07, 6.45) is 1.14. The Morgan fingerprint density at radius 1 is 1.00 bits per heavy atom. The quantitative estimate of drug-likeness (QED) is 0.502. The van der Waals surface area contributed by atoms with Crippen molar-refractivity contribution in [1.82, 2.24) is 4.90 Å². The number of amides is 1. The maximum Gasteiger partial charge on any atom is 0.228 e. The Bertz CT molecular complexity index is 1050. The summed E-state index contributed by atoms with van der Waals surface area (Å²) in [6.45, 7) is 0.967. The van der Waals surface area contributed by atoms with E-state index in [0.717, 1.165) is 33.9 Å². The molecule has 0 saturated carbocycles. The van der Waals surface area contributed by atoms with E-state index in [-0.39, 0.29) is 11.9 Å². The molecular weight excluding hydrogens is 426 g/mol. The summed E-state index contributed by atoms with van der Waals surface area (Å²) >= 11 is 1.60. The van der Waals surface area contributed by atoms with Gasteiger partial charge in [0.05, 0.1) is 33.8 Å². The largest absolute Gasteiger partial charge is 0.497 e. The highest BCUT2D eigenvalue weighted by Crippen LogP contribution is 2.38. The van der Waals surface area contributed by atoms with E-state index < -0.39 is 0 Å².